The Labute approximate surface area is 175 Å². The van der Waals surface area contributed by atoms with E-state index in [1.807, 2.05) is 0 Å². The van der Waals surface area contributed by atoms with Crippen molar-refractivity contribution in [3.63, 3.8) is 0 Å². The van der Waals surface area contributed by atoms with E-state index in [1.54, 1.807) is 0 Å². The Morgan fingerprint density at radius 2 is 1.69 bits per heavy atom. The number of nitrogens with zero attached hydrogens (tertiary/aromatic N) is 6. The molecule has 0 N–H and O–H groups in total. The monoisotopic (exact) mass is 396 g/mol. The molecule has 29 heavy (non-hydrogen) atoms. The smallest absolute Gasteiger partial charge is 0.135 e. The number of aromatic nitrogens is 4. The Bertz CT molecular complexity index is 876. The second-order valence-electron chi connectivity index (χ2n) is 9.33. The first-order valence-corrected chi connectivity index (χ1v) is 11.3. The SMILES string of the molecule is Cc1nn(C(C)C)c(C)c1CN1CCc2c(nc(C(C)C)nc2N2CCCC2)C1. The van der Waals surface area contributed by atoms with Crippen molar-refractivity contribution in [1.29, 1.82) is 0 Å². The van der Waals surface area contributed by atoms with E-state index in [9.17, 15) is 0 Å². The zero-order valence-corrected chi connectivity index (χ0v) is 19.0. The second-order valence-corrected chi connectivity index (χ2v) is 9.33. The maximum atomic E-state index is 5.01. The lowest BCUT2D eigenvalue weighted by molar-refractivity contribution is 0.239. The van der Waals surface area contributed by atoms with Crippen molar-refractivity contribution in [3.05, 3.63) is 34.0 Å². The van der Waals surface area contributed by atoms with Crippen LogP contribution in [0.15, 0.2) is 0 Å². The minimum Gasteiger partial charge on any atom is -0.356 e. The Hall–Kier alpha value is -1.95. The van der Waals surface area contributed by atoms with Crippen LogP contribution in [0.2, 0.25) is 0 Å². The van der Waals surface area contributed by atoms with Gasteiger partial charge in [-0.15, -0.1) is 0 Å². The summed E-state index contributed by atoms with van der Waals surface area (Å²) in [6, 6.07) is 0.397. The fourth-order valence-corrected chi connectivity index (χ4v) is 4.72. The molecule has 0 saturated carbocycles. The van der Waals surface area contributed by atoms with E-state index in [0.29, 0.717) is 12.0 Å². The summed E-state index contributed by atoms with van der Waals surface area (Å²) in [5.74, 6) is 2.56. The molecule has 2 aromatic heterocycles. The van der Waals surface area contributed by atoms with Gasteiger partial charge in [-0.1, -0.05) is 13.8 Å². The fraction of sp³-hybridized carbons (Fsp3) is 0.696. The van der Waals surface area contributed by atoms with Gasteiger partial charge in [-0.25, -0.2) is 9.97 Å². The van der Waals surface area contributed by atoms with Gasteiger partial charge in [-0.05, 0) is 47.0 Å². The lowest BCUT2D eigenvalue weighted by Gasteiger charge is -2.31. The predicted octanol–water partition coefficient (Wildman–Crippen LogP) is 4.15. The summed E-state index contributed by atoms with van der Waals surface area (Å²) in [5.41, 5.74) is 6.46. The van der Waals surface area contributed by atoms with Crippen LogP contribution in [0.5, 0.6) is 0 Å². The van der Waals surface area contributed by atoms with Crippen LogP contribution in [0.1, 0.15) is 86.5 Å². The highest BCUT2D eigenvalue weighted by atomic mass is 15.3. The molecular weight excluding hydrogens is 360 g/mol. The lowest BCUT2D eigenvalue weighted by Crippen LogP contribution is -2.34. The first kappa shape index (κ1) is 20.3. The van der Waals surface area contributed by atoms with Crippen LogP contribution in [0.3, 0.4) is 0 Å². The molecule has 0 unspecified atom stereocenters. The van der Waals surface area contributed by atoms with E-state index >= 15 is 0 Å². The van der Waals surface area contributed by atoms with Gasteiger partial charge < -0.3 is 4.90 Å². The van der Waals surface area contributed by atoms with Gasteiger partial charge in [0.25, 0.3) is 0 Å². The maximum Gasteiger partial charge on any atom is 0.135 e. The quantitative estimate of drug-likeness (QED) is 0.760. The van der Waals surface area contributed by atoms with Gasteiger partial charge in [-0.2, -0.15) is 5.10 Å². The molecule has 158 valence electrons. The van der Waals surface area contributed by atoms with E-state index < -0.39 is 0 Å². The zero-order chi connectivity index (χ0) is 20.7. The van der Waals surface area contributed by atoms with E-state index in [0.717, 1.165) is 50.7 Å². The van der Waals surface area contributed by atoms with Gasteiger partial charge >= 0.3 is 0 Å². The third kappa shape index (κ3) is 3.91. The summed E-state index contributed by atoms with van der Waals surface area (Å²) in [4.78, 5) is 15.1. The summed E-state index contributed by atoms with van der Waals surface area (Å²) in [6.45, 7) is 18.3. The number of hydrogen-bond acceptors (Lipinski definition) is 5. The topological polar surface area (TPSA) is 50.1 Å². The first-order chi connectivity index (χ1) is 13.8. The van der Waals surface area contributed by atoms with Crippen LogP contribution < -0.4 is 4.90 Å². The molecule has 0 spiro atoms. The van der Waals surface area contributed by atoms with Crippen LogP contribution in [-0.4, -0.2) is 44.3 Å². The molecule has 6 heteroatoms. The Morgan fingerprint density at radius 1 is 0.966 bits per heavy atom. The normalized spacial score (nSPS) is 17.6. The number of fused-ring (bicyclic) bond motifs is 1. The average molecular weight is 397 g/mol. The largest absolute Gasteiger partial charge is 0.356 e. The average Bonchev–Trinajstić information content (AvgIpc) is 3.31. The van der Waals surface area contributed by atoms with E-state index in [-0.39, 0.29) is 0 Å². The van der Waals surface area contributed by atoms with Crippen molar-refractivity contribution in [2.75, 3.05) is 24.5 Å². The minimum absolute atomic E-state index is 0.353. The molecule has 0 aliphatic carbocycles. The van der Waals surface area contributed by atoms with Gasteiger partial charge in [0, 0.05) is 61.5 Å². The van der Waals surface area contributed by atoms with Gasteiger partial charge in [0.15, 0.2) is 0 Å². The molecule has 2 aromatic rings. The molecule has 4 rings (SSSR count). The molecule has 4 heterocycles. The molecular formula is C23H36N6. The van der Waals surface area contributed by atoms with Crippen molar-refractivity contribution in [2.45, 2.75) is 85.9 Å². The van der Waals surface area contributed by atoms with Crippen LogP contribution in [0.25, 0.3) is 0 Å². The van der Waals surface area contributed by atoms with E-state index in [4.69, 9.17) is 15.1 Å². The third-order valence-corrected chi connectivity index (χ3v) is 6.41. The molecule has 0 aromatic carbocycles. The predicted molar refractivity (Wildman–Crippen MR) is 117 cm³/mol. The second kappa shape index (κ2) is 8.05. The summed E-state index contributed by atoms with van der Waals surface area (Å²) in [6.07, 6.45) is 3.59. The number of hydrogen-bond donors (Lipinski definition) is 0. The molecule has 2 aliphatic rings. The van der Waals surface area contributed by atoms with Crippen molar-refractivity contribution < 1.29 is 0 Å². The van der Waals surface area contributed by atoms with Gasteiger partial charge in [-0.3, -0.25) is 9.58 Å². The van der Waals surface area contributed by atoms with Gasteiger partial charge in [0.1, 0.15) is 11.6 Å². The third-order valence-electron chi connectivity index (χ3n) is 6.41. The molecule has 2 aliphatic heterocycles. The van der Waals surface area contributed by atoms with Crippen LogP contribution in [0.4, 0.5) is 5.82 Å². The van der Waals surface area contributed by atoms with Crippen LogP contribution in [0, 0.1) is 13.8 Å². The van der Waals surface area contributed by atoms with Crippen molar-refractivity contribution in [3.8, 4) is 0 Å². The fourth-order valence-electron chi connectivity index (χ4n) is 4.72. The molecule has 0 bridgehead atoms. The standard InChI is InChI=1S/C23H36N6/c1-15(2)22-24-21-14-27(13-20-17(5)26-29(16(3)4)18(20)6)12-9-19(21)23(25-22)28-10-7-8-11-28/h15-16H,7-14H2,1-6H3. The first-order valence-electron chi connectivity index (χ1n) is 11.3. The molecule has 0 amide bonds. The molecule has 1 fully saturated rings. The van der Waals surface area contributed by atoms with E-state index in [1.165, 1.54) is 41.2 Å². The molecule has 0 radical (unpaired) electrons. The number of rotatable bonds is 5. The van der Waals surface area contributed by atoms with Crippen LogP contribution >= 0.6 is 0 Å². The Morgan fingerprint density at radius 3 is 2.31 bits per heavy atom. The molecule has 6 nitrogen and oxygen atoms in total. The minimum atomic E-state index is 0.353. The van der Waals surface area contributed by atoms with E-state index in [2.05, 4.69) is 56.0 Å². The number of anilines is 1. The summed E-state index contributed by atoms with van der Waals surface area (Å²) in [7, 11) is 0. The van der Waals surface area contributed by atoms with Crippen LogP contribution in [-0.2, 0) is 19.5 Å². The summed E-state index contributed by atoms with van der Waals surface area (Å²) in [5, 5.41) is 4.78. The highest BCUT2D eigenvalue weighted by Gasteiger charge is 2.28. The van der Waals surface area contributed by atoms with Gasteiger partial charge in [0.2, 0.25) is 0 Å². The maximum absolute atomic E-state index is 5.01. The molecule has 1 saturated heterocycles. The summed E-state index contributed by atoms with van der Waals surface area (Å²) >= 11 is 0. The highest BCUT2D eigenvalue weighted by Crippen LogP contribution is 2.31. The number of aryl methyl sites for hydroxylation is 1. The highest BCUT2D eigenvalue weighted by molar-refractivity contribution is 5.51. The summed E-state index contributed by atoms with van der Waals surface area (Å²) < 4.78 is 2.16. The molecule has 0 atom stereocenters. The zero-order valence-electron chi connectivity index (χ0n) is 19.0. The Kier molecular flexibility index (Phi) is 5.65. The van der Waals surface area contributed by atoms with Crippen molar-refractivity contribution in [1.82, 2.24) is 24.6 Å². The van der Waals surface area contributed by atoms with Crippen molar-refractivity contribution in [2.24, 2.45) is 0 Å². The van der Waals surface area contributed by atoms with Gasteiger partial charge in [0.05, 0.1) is 11.4 Å². The van der Waals surface area contributed by atoms with Crippen molar-refractivity contribution >= 4 is 5.82 Å². The lowest BCUT2D eigenvalue weighted by atomic mass is 10.0. The Balaban J connectivity index is 1.61.